The minimum absolute atomic E-state index is 0.372. The summed E-state index contributed by atoms with van der Waals surface area (Å²) in [4.78, 5) is 21.5. The van der Waals surface area contributed by atoms with Gasteiger partial charge in [-0.3, -0.25) is 9.20 Å². The molecule has 0 radical (unpaired) electrons. The number of aliphatic hydroxyl groups is 1. The van der Waals surface area contributed by atoms with Gasteiger partial charge in [-0.05, 0) is 63.9 Å². The number of amides is 1. The fourth-order valence-corrected chi connectivity index (χ4v) is 4.31. The molecule has 5 aromatic rings. The predicted molar refractivity (Wildman–Crippen MR) is 140 cm³/mol. The Bertz CT molecular complexity index is 1580. The van der Waals surface area contributed by atoms with E-state index in [-0.39, 0.29) is 5.91 Å². The quantitative estimate of drug-likeness (QED) is 0.288. The zero-order valence-electron chi connectivity index (χ0n) is 20.9. The number of nitrogens with zero attached hydrogens (tertiary/aromatic N) is 6. The highest BCUT2D eigenvalue weighted by atomic mass is 16.3. The number of rotatable bonds is 8. The molecule has 0 fully saturated rings. The van der Waals surface area contributed by atoms with Gasteiger partial charge in [-0.2, -0.15) is 0 Å². The van der Waals surface area contributed by atoms with Gasteiger partial charge < -0.3 is 20.3 Å². The SMILES string of the molecule is Cc1nnc2c(NCCCCNC(=O)C(C)(C)O)nc3cc(-c4nc5ccccc5n4C)ccc3n12. The maximum atomic E-state index is 11.8. The first-order valence-corrected chi connectivity index (χ1v) is 12.1. The number of hydrogen-bond donors (Lipinski definition) is 3. The molecule has 1 amide bonds. The Morgan fingerprint density at radius 1 is 1.00 bits per heavy atom. The van der Waals surface area contributed by atoms with E-state index >= 15 is 0 Å². The van der Waals surface area contributed by atoms with Crippen molar-refractivity contribution >= 4 is 39.4 Å². The van der Waals surface area contributed by atoms with Gasteiger partial charge in [-0.25, -0.2) is 9.97 Å². The third-order valence-electron chi connectivity index (χ3n) is 6.27. The van der Waals surface area contributed by atoms with Crippen molar-refractivity contribution in [3.05, 3.63) is 48.3 Å². The summed E-state index contributed by atoms with van der Waals surface area (Å²) in [7, 11) is 2.02. The number of aromatic nitrogens is 6. The van der Waals surface area contributed by atoms with Crippen molar-refractivity contribution < 1.29 is 9.90 Å². The summed E-state index contributed by atoms with van der Waals surface area (Å²) in [5, 5.41) is 24.5. The molecule has 186 valence electrons. The topological polar surface area (TPSA) is 122 Å². The Labute approximate surface area is 208 Å². The van der Waals surface area contributed by atoms with Crippen LogP contribution in [0, 0.1) is 6.92 Å². The Morgan fingerprint density at radius 3 is 2.56 bits per heavy atom. The maximum Gasteiger partial charge on any atom is 0.251 e. The second-order valence-corrected chi connectivity index (χ2v) is 9.50. The van der Waals surface area contributed by atoms with Crippen LogP contribution in [-0.4, -0.2) is 58.8 Å². The first-order chi connectivity index (χ1) is 17.2. The van der Waals surface area contributed by atoms with Crippen LogP contribution < -0.4 is 10.6 Å². The standard InChI is InChI=1S/C26H30N8O2/c1-16-31-32-24-22(27-13-7-8-14-28-25(35)26(2,3)36)29-19-15-17(11-12-21(19)34(16)24)23-30-18-9-5-6-10-20(18)33(23)4/h5-6,9-12,15,36H,7-8,13-14H2,1-4H3,(H,27,29)(H,28,35). The highest BCUT2D eigenvalue weighted by Crippen LogP contribution is 2.28. The lowest BCUT2D eigenvalue weighted by Crippen LogP contribution is -2.42. The van der Waals surface area contributed by atoms with Crippen molar-refractivity contribution in [2.75, 3.05) is 18.4 Å². The summed E-state index contributed by atoms with van der Waals surface area (Å²) < 4.78 is 4.10. The monoisotopic (exact) mass is 486 g/mol. The molecule has 2 aromatic carbocycles. The van der Waals surface area contributed by atoms with E-state index in [0.717, 1.165) is 52.1 Å². The number of hydrogen-bond acceptors (Lipinski definition) is 7. The largest absolute Gasteiger partial charge is 0.381 e. The molecule has 0 saturated heterocycles. The molecule has 36 heavy (non-hydrogen) atoms. The van der Waals surface area contributed by atoms with Gasteiger partial charge >= 0.3 is 0 Å². The van der Waals surface area contributed by atoms with Gasteiger partial charge in [0.2, 0.25) is 5.65 Å². The van der Waals surface area contributed by atoms with E-state index in [1.165, 1.54) is 13.8 Å². The highest BCUT2D eigenvalue weighted by Gasteiger charge is 2.22. The zero-order chi connectivity index (χ0) is 25.4. The first-order valence-electron chi connectivity index (χ1n) is 12.1. The van der Waals surface area contributed by atoms with Crippen LogP contribution >= 0.6 is 0 Å². The van der Waals surface area contributed by atoms with Crippen LogP contribution in [0.2, 0.25) is 0 Å². The van der Waals surface area contributed by atoms with Gasteiger partial charge in [-0.15, -0.1) is 10.2 Å². The van der Waals surface area contributed by atoms with E-state index in [4.69, 9.17) is 9.97 Å². The second kappa shape index (κ2) is 9.19. The molecule has 0 atom stereocenters. The molecule has 0 unspecified atom stereocenters. The van der Waals surface area contributed by atoms with Crippen LogP contribution in [0.15, 0.2) is 42.5 Å². The van der Waals surface area contributed by atoms with Crippen LogP contribution in [0.25, 0.3) is 39.1 Å². The molecule has 10 nitrogen and oxygen atoms in total. The van der Waals surface area contributed by atoms with Gasteiger partial charge in [-0.1, -0.05) is 12.1 Å². The third-order valence-corrected chi connectivity index (χ3v) is 6.27. The van der Waals surface area contributed by atoms with Crippen molar-refractivity contribution in [3.8, 4) is 11.4 Å². The van der Waals surface area contributed by atoms with Crippen molar-refractivity contribution in [3.63, 3.8) is 0 Å². The molecule has 0 saturated carbocycles. The smallest absolute Gasteiger partial charge is 0.251 e. The third kappa shape index (κ3) is 4.35. The summed E-state index contributed by atoms with van der Waals surface area (Å²) in [6.45, 7) is 6.03. The van der Waals surface area contributed by atoms with Crippen molar-refractivity contribution in [1.82, 2.24) is 34.4 Å². The van der Waals surface area contributed by atoms with Crippen LogP contribution in [0.3, 0.4) is 0 Å². The molecule has 0 aliphatic carbocycles. The van der Waals surface area contributed by atoms with E-state index in [2.05, 4.69) is 37.5 Å². The fraction of sp³-hybridized carbons (Fsp3) is 0.346. The van der Waals surface area contributed by atoms with E-state index in [9.17, 15) is 9.90 Å². The number of anilines is 1. The molecule has 3 N–H and O–H groups in total. The number of nitrogens with one attached hydrogen (secondary N) is 2. The summed E-state index contributed by atoms with van der Waals surface area (Å²) in [6.07, 6.45) is 1.58. The van der Waals surface area contributed by atoms with Gasteiger partial charge in [0.15, 0.2) is 5.82 Å². The van der Waals surface area contributed by atoms with Crippen molar-refractivity contribution in [2.24, 2.45) is 7.05 Å². The molecular formula is C26H30N8O2. The minimum Gasteiger partial charge on any atom is -0.381 e. The number of benzene rings is 2. The summed E-state index contributed by atoms with van der Waals surface area (Å²) in [5.41, 5.74) is 4.05. The minimum atomic E-state index is -1.37. The molecular weight excluding hydrogens is 456 g/mol. The molecule has 0 aliphatic rings. The van der Waals surface area contributed by atoms with Crippen LogP contribution in [-0.2, 0) is 11.8 Å². The van der Waals surface area contributed by atoms with Crippen LogP contribution in [0.4, 0.5) is 5.82 Å². The first kappa shape index (κ1) is 23.7. The van der Waals surface area contributed by atoms with Gasteiger partial charge in [0.1, 0.15) is 17.2 Å². The number of fused-ring (bicyclic) bond motifs is 4. The normalized spacial score (nSPS) is 12.0. The van der Waals surface area contributed by atoms with E-state index in [1.54, 1.807) is 0 Å². The van der Waals surface area contributed by atoms with E-state index in [0.29, 0.717) is 24.6 Å². The summed E-state index contributed by atoms with van der Waals surface area (Å²) >= 11 is 0. The number of carbonyl (C=O) groups is 1. The Hall–Kier alpha value is -4.05. The van der Waals surface area contributed by atoms with E-state index < -0.39 is 5.60 Å². The van der Waals surface area contributed by atoms with Crippen molar-refractivity contribution in [2.45, 2.75) is 39.2 Å². The molecule has 3 aromatic heterocycles. The lowest BCUT2D eigenvalue weighted by molar-refractivity contribution is -0.136. The molecule has 5 rings (SSSR count). The van der Waals surface area contributed by atoms with Crippen molar-refractivity contribution in [1.29, 1.82) is 0 Å². The number of imidazole rings is 1. The molecule has 10 heteroatoms. The highest BCUT2D eigenvalue weighted by molar-refractivity contribution is 5.88. The lowest BCUT2D eigenvalue weighted by atomic mass is 10.1. The van der Waals surface area contributed by atoms with E-state index in [1.807, 2.05) is 48.7 Å². The zero-order valence-corrected chi connectivity index (χ0v) is 20.9. The molecule has 0 aliphatic heterocycles. The lowest BCUT2D eigenvalue weighted by Gasteiger charge is -2.16. The number of carbonyl (C=O) groups excluding carboxylic acids is 1. The average molecular weight is 487 g/mol. The summed E-state index contributed by atoms with van der Waals surface area (Å²) in [6, 6.07) is 14.2. The average Bonchev–Trinajstić information content (AvgIpc) is 3.40. The maximum absolute atomic E-state index is 11.8. The Kier molecular flexibility index (Phi) is 6.05. The number of aryl methyl sites for hydroxylation is 2. The predicted octanol–water partition coefficient (Wildman–Crippen LogP) is 3.22. The number of para-hydroxylation sites is 2. The Morgan fingerprint density at radius 2 is 1.78 bits per heavy atom. The van der Waals surface area contributed by atoms with Crippen LogP contribution in [0.1, 0.15) is 32.5 Å². The Balaban J connectivity index is 1.39. The second-order valence-electron chi connectivity index (χ2n) is 9.50. The summed E-state index contributed by atoms with van der Waals surface area (Å²) in [5.74, 6) is 1.95. The van der Waals surface area contributed by atoms with Gasteiger partial charge in [0.05, 0.1) is 22.1 Å². The number of unbranched alkanes of at least 4 members (excludes halogenated alkanes) is 1. The molecule has 0 spiro atoms. The van der Waals surface area contributed by atoms with Gasteiger partial charge in [0.25, 0.3) is 5.91 Å². The van der Waals surface area contributed by atoms with Crippen LogP contribution in [0.5, 0.6) is 0 Å². The fourth-order valence-electron chi connectivity index (χ4n) is 4.31. The molecule has 0 bridgehead atoms. The molecule has 3 heterocycles. The van der Waals surface area contributed by atoms with Gasteiger partial charge in [0, 0.05) is 25.7 Å².